The molecule has 2 N–H and O–H groups in total. The van der Waals surface area contributed by atoms with Gasteiger partial charge >= 0.3 is 5.91 Å². The highest BCUT2D eigenvalue weighted by molar-refractivity contribution is 6.10. The monoisotopic (exact) mass is 310 g/mol. The van der Waals surface area contributed by atoms with Gasteiger partial charge in [0.1, 0.15) is 12.4 Å². The first kappa shape index (κ1) is 16.4. The fourth-order valence-corrected chi connectivity index (χ4v) is 2.51. The summed E-state index contributed by atoms with van der Waals surface area (Å²) in [5.74, 6) is 0.816. The van der Waals surface area contributed by atoms with E-state index in [0.717, 1.165) is 5.39 Å². The molecular weight excluding hydrogens is 292 g/mol. The Morgan fingerprint density at radius 1 is 1.35 bits per heavy atom. The minimum atomic E-state index is -0.884. The fourth-order valence-electron chi connectivity index (χ4n) is 2.51. The second kappa shape index (κ2) is 6.05. The van der Waals surface area contributed by atoms with Crippen LogP contribution in [0.1, 0.15) is 20.8 Å². The number of nitrogens with zero attached hydrogens (tertiary/aromatic N) is 3. The van der Waals surface area contributed by atoms with Crippen LogP contribution in [0.3, 0.4) is 0 Å². The summed E-state index contributed by atoms with van der Waals surface area (Å²) < 4.78 is 0. The predicted octanol–water partition coefficient (Wildman–Crippen LogP) is 1.50. The van der Waals surface area contributed by atoms with Crippen LogP contribution in [0.25, 0.3) is 10.9 Å². The van der Waals surface area contributed by atoms with Crippen molar-refractivity contribution < 1.29 is 9.59 Å². The first-order valence-electron chi connectivity index (χ1n) is 7.04. The van der Waals surface area contributed by atoms with Gasteiger partial charge in [-0.1, -0.05) is 20.8 Å². The molecule has 23 heavy (non-hydrogen) atoms. The first-order chi connectivity index (χ1) is 10.8. The first-order valence-corrected chi connectivity index (χ1v) is 7.04. The lowest BCUT2D eigenvalue weighted by Crippen LogP contribution is -2.54. The van der Waals surface area contributed by atoms with Crippen molar-refractivity contribution in [2.45, 2.75) is 26.8 Å². The maximum atomic E-state index is 12.3. The minimum absolute atomic E-state index is 0.470. The summed E-state index contributed by atoms with van der Waals surface area (Å²) in [7, 11) is 0. The van der Waals surface area contributed by atoms with E-state index in [0.29, 0.717) is 11.2 Å². The molecule has 1 aromatic carbocycles. The molecule has 2 aromatic rings. The van der Waals surface area contributed by atoms with Gasteiger partial charge in [-0.05, 0) is 29.5 Å². The summed E-state index contributed by atoms with van der Waals surface area (Å²) >= 11 is 0. The van der Waals surface area contributed by atoms with E-state index in [1.54, 1.807) is 24.4 Å². The Labute approximate surface area is 134 Å². The van der Waals surface area contributed by atoms with Crippen LogP contribution >= 0.6 is 0 Å². The van der Waals surface area contributed by atoms with Crippen LogP contribution in [0.5, 0.6) is 0 Å². The van der Waals surface area contributed by atoms with Crippen molar-refractivity contribution in [1.82, 2.24) is 9.97 Å². The van der Waals surface area contributed by atoms with Crippen LogP contribution < -0.4 is 10.6 Å². The minimum Gasteiger partial charge on any atom is -0.368 e. The molecule has 2 rings (SSSR count). The van der Waals surface area contributed by atoms with E-state index < -0.39 is 23.3 Å². The number of amides is 2. The van der Waals surface area contributed by atoms with E-state index in [-0.39, 0.29) is 0 Å². The molecule has 0 aliphatic heterocycles. The normalized spacial score (nSPS) is 12.4. The number of carbonyl (C=O) groups is 2. The van der Waals surface area contributed by atoms with Crippen molar-refractivity contribution in [1.29, 1.82) is 0 Å². The van der Waals surface area contributed by atoms with E-state index in [2.05, 4.69) is 15.9 Å². The molecule has 0 saturated carbocycles. The molecule has 118 valence electrons. The average Bonchev–Trinajstić information content (AvgIpc) is 2.49. The van der Waals surface area contributed by atoms with Crippen LogP contribution in [-0.2, 0) is 9.59 Å². The molecule has 6 heteroatoms. The summed E-state index contributed by atoms with van der Waals surface area (Å²) in [5, 5.41) is 0.816. The summed E-state index contributed by atoms with van der Waals surface area (Å²) in [6, 6.07) is 4.27. The van der Waals surface area contributed by atoms with E-state index in [1.165, 1.54) is 11.2 Å². The number of anilines is 1. The second-order valence-electron chi connectivity index (χ2n) is 6.26. The molecule has 0 aliphatic carbocycles. The number of benzene rings is 1. The van der Waals surface area contributed by atoms with Gasteiger partial charge in [0.05, 0.1) is 5.52 Å². The molecule has 1 heterocycles. The highest BCUT2D eigenvalue weighted by Crippen LogP contribution is 2.30. The van der Waals surface area contributed by atoms with Gasteiger partial charge in [0.15, 0.2) is 0 Å². The van der Waals surface area contributed by atoms with E-state index >= 15 is 0 Å². The Morgan fingerprint density at radius 2 is 2.04 bits per heavy atom. The van der Waals surface area contributed by atoms with Gasteiger partial charge in [0, 0.05) is 17.3 Å². The zero-order valence-corrected chi connectivity index (χ0v) is 13.3. The van der Waals surface area contributed by atoms with Gasteiger partial charge in [-0.25, -0.2) is 9.97 Å². The lowest BCUT2D eigenvalue weighted by Gasteiger charge is -2.37. The van der Waals surface area contributed by atoms with Crippen LogP contribution in [-0.4, -0.2) is 27.8 Å². The van der Waals surface area contributed by atoms with E-state index in [1.807, 2.05) is 20.8 Å². The van der Waals surface area contributed by atoms with Crippen molar-refractivity contribution in [3.8, 4) is 12.3 Å². The van der Waals surface area contributed by atoms with E-state index in [9.17, 15) is 9.59 Å². The molecule has 6 nitrogen and oxygen atoms in total. The Kier molecular flexibility index (Phi) is 4.32. The van der Waals surface area contributed by atoms with Crippen molar-refractivity contribution >= 4 is 28.4 Å². The maximum absolute atomic E-state index is 12.3. The van der Waals surface area contributed by atoms with Crippen LogP contribution in [0.15, 0.2) is 30.7 Å². The Balaban J connectivity index is 2.63. The highest BCUT2D eigenvalue weighted by Gasteiger charge is 2.38. The van der Waals surface area contributed by atoms with Gasteiger partial charge in [-0.3, -0.25) is 14.5 Å². The van der Waals surface area contributed by atoms with E-state index in [4.69, 9.17) is 12.2 Å². The maximum Gasteiger partial charge on any atom is 0.303 e. The van der Waals surface area contributed by atoms with Gasteiger partial charge in [-0.2, -0.15) is 0 Å². The number of rotatable bonds is 3. The molecule has 1 atom stereocenters. The summed E-state index contributed by atoms with van der Waals surface area (Å²) in [4.78, 5) is 33.6. The van der Waals surface area contributed by atoms with Crippen LogP contribution in [0.2, 0.25) is 0 Å². The lowest BCUT2D eigenvalue weighted by molar-refractivity contribution is -0.124. The van der Waals surface area contributed by atoms with Crippen molar-refractivity contribution in [3.05, 3.63) is 30.7 Å². The number of aromatic nitrogens is 2. The molecule has 0 bridgehead atoms. The molecular formula is C17H18N4O2. The number of nitrogens with two attached hydrogens (primary N) is 1. The van der Waals surface area contributed by atoms with Crippen molar-refractivity contribution in [3.63, 3.8) is 0 Å². The zero-order valence-electron chi connectivity index (χ0n) is 13.3. The number of terminal acetylenes is 1. The second-order valence-corrected chi connectivity index (χ2v) is 6.26. The Bertz CT molecular complexity index is 802. The third-order valence-electron chi connectivity index (χ3n) is 3.46. The molecule has 0 saturated heterocycles. The topological polar surface area (TPSA) is 89.2 Å². The molecule has 2 amide bonds. The average molecular weight is 310 g/mol. The summed E-state index contributed by atoms with van der Waals surface area (Å²) in [5.41, 5.74) is 6.07. The molecule has 0 radical (unpaired) electrons. The van der Waals surface area contributed by atoms with Crippen LogP contribution in [0, 0.1) is 17.8 Å². The Hall–Kier alpha value is -2.94. The predicted molar refractivity (Wildman–Crippen MR) is 88.3 cm³/mol. The van der Waals surface area contributed by atoms with Crippen molar-refractivity contribution in [2.24, 2.45) is 11.1 Å². The third kappa shape index (κ3) is 3.29. The zero-order chi connectivity index (χ0) is 17.2. The number of fused-ring (bicyclic) bond motifs is 1. The standard InChI is InChI=1S/C17H18N4O2/c1-5-14(22)21(15(16(18)23)17(2,3)4)12-7-6-11-9-19-10-20-13(11)8-12/h1,6-10,15H,2-4H3,(H2,18,23). The summed E-state index contributed by atoms with van der Waals surface area (Å²) in [6.07, 6.45) is 8.36. The van der Waals surface area contributed by atoms with Crippen molar-refractivity contribution in [2.75, 3.05) is 4.90 Å². The molecule has 1 aromatic heterocycles. The molecule has 1 unspecified atom stereocenters. The number of primary amides is 1. The molecule has 0 aliphatic rings. The van der Waals surface area contributed by atoms with Gasteiger partial charge in [0.25, 0.3) is 0 Å². The Morgan fingerprint density at radius 3 is 2.61 bits per heavy atom. The lowest BCUT2D eigenvalue weighted by atomic mass is 9.84. The quantitative estimate of drug-likeness (QED) is 0.870. The SMILES string of the molecule is C#CC(=O)N(c1ccc2cncnc2c1)C(C(N)=O)C(C)(C)C. The smallest absolute Gasteiger partial charge is 0.303 e. The summed E-state index contributed by atoms with van der Waals surface area (Å²) in [6.45, 7) is 5.47. The van der Waals surface area contributed by atoms with Gasteiger partial charge in [0.2, 0.25) is 5.91 Å². The van der Waals surface area contributed by atoms with Gasteiger partial charge < -0.3 is 5.73 Å². The molecule has 0 spiro atoms. The number of hydrogen-bond acceptors (Lipinski definition) is 4. The number of carbonyl (C=O) groups excluding carboxylic acids is 2. The fraction of sp³-hybridized carbons (Fsp3) is 0.294. The van der Waals surface area contributed by atoms with Crippen LogP contribution in [0.4, 0.5) is 5.69 Å². The highest BCUT2D eigenvalue weighted by atomic mass is 16.2. The third-order valence-corrected chi connectivity index (χ3v) is 3.46. The number of hydrogen-bond donors (Lipinski definition) is 1. The largest absolute Gasteiger partial charge is 0.368 e. The molecule has 0 fully saturated rings. The van der Waals surface area contributed by atoms with Gasteiger partial charge in [-0.15, -0.1) is 6.42 Å².